The van der Waals surface area contributed by atoms with Crippen LogP contribution in [-0.4, -0.2) is 41.1 Å². The van der Waals surface area contributed by atoms with Gasteiger partial charge in [-0.1, -0.05) is 25.5 Å². The fourth-order valence-corrected chi connectivity index (χ4v) is 7.24. The Morgan fingerprint density at radius 3 is 2.53 bits per heavy atom. The van der Waals surface area contributed by atoms with Gasteiger partial charge in [-0.3, -0.25) is 4.79 Å². The van der Waals surface area contributed by atoms with Crippen LogP contribution in [0.15, 0.2) is 68.3 Å². The number of carbonyl (C=O) groups is 1. The molecule has 9 nitrogen and oxygen atoms in total. The standard InChI is InChI=1S/C32H38BrN3O6S/c1-5-7-22-14-27-31(28(37)15-22)30(25(18-34)20(3)36-27)23-16-26(33)32(29(17-23)41-6-2)42-19-21-8-10-24(11-9-21)43(38,39)35-12-13-40-4/h8-11,16-17,22,30,35-36H,5-7,12-15,19H2,1-4H3. The molecule has 2 atom stereocenters. The highest BCUT2D eigenvalue weighted by Gasteiger charge is 2.39. The van der Waals surface area contributed by atoms with E-state index in [0.29, 0.717) is 46.1 Å². The molecule has 2 aromatic rings. The second-order valence-corrected chi connectivity index (χ2v) is 13.3. The van der Waals surface area contributed by atoms with Crippen LogP contribution in [0.1, 0.15) is 63.5 Å². The number of ketones is 1. The minimum Gasteiger partial charge on any atom is -0.490 e. The number of dihydropyridines is 1. The molecule has 0 saturated carbocycles. The lowest BCUT2D eigenvalue weighted by atomic mass is 9.72. The van der Waals surface area contributed by atoms with E-state index < -0.39 is 15.9 Å². The highest BCUT2D eigenvalue weighted by molar-refractivity contribution is 9.10. The number of nitrogens with zero attached hydrogens (tertiary/aromatic N) is 1. The van der Waals surface area contributed by atoms with E-state index in [0.717, 1.165) is 41.8 Å². The molecule has 0 amide bonds. The second kappa shape index (κ2) is 14.5. The van der Waals surface area contributed by atoms with Crippen LogP contribution in [0, 0.1) is 17.2 Å². The first-order valence-electron chi connectivity index (χ1n) is 14.4. The van der Waals surface area contributed by atoms with Crippen LogP contribution < -0.4 is 19.5 Å². The summed E-state index contributed by atoms with van der Waals surface area (Å²) in [7, 11) is -2.13. The van der Waals surface area contributed by atoms with E-state index in [9.17, 15) is 18.5 Å². The number of nitrogens with one attached hydrogen (secondary N) is 2. The largest absolute Gasteiger partial charge is 0.490 e. The van der Waals surface area contributed by atoms with Gasteiger partial charge in [-0.2, -0.15) is 5.26 Å². The van der Waals surface area contributed by atoms with E-state index in [-0.39, 0.29) is 30.4 Å². The van der Waals surface area contributed by atoms with Gasteiger partial charge in [0.05, 0.1) is 40.1 Å². The average molecular weight is 673 g/mol. The minimum atomic E-state index is -3.64. The van der Waals surface area contributed by atoms with Crippen molar-refractivity contribution in [3.05, 3.63) is 74.5 Å². The molecular formula is C32H38BrN3O6S. The molecule has 2 N–H and O–H groups in total. The van der Waals surface area contributed by atoms with Crippen molar-refractivity contribution in [3.63, 3.8) is 0 Å². The summed E-state index contributed by atoms with van der Waals surface area (Å²) in [4.78, 5) is 13.6. The molecule has 1 heterocycles. The first-order chi connectivity index (χ1) is 20.6. The zero-order chi connectivity index (χ0) is 31.1. The van der Waals surface area contributed by atoms with Gasteiger partial charge in [0.15, 0.2) is 17.3 Å². The predicted octanol–water partition coefficient (Wildman–Crippen LogP) is 5.87. The van der Waals surface area contributed by atoms with Gasteiger partial charge < -0.3 is 19.5 Å². The molecule has 2 aromatic carbocycles. The van der Waals surface area contributed by atoms with E-state index in [2.05, 4.69) is 39.0 Å². The van der Waals surface area contributed by atoms with Crippen LogP contribution in [0.4, 0.5) is 0 Å². The van der Waals surface area contributed by atoms with Crippen molar-refractivity contribution in [1.29, 1.82) is 5.26 Å². The number of halogens is 1. The SMILES string of the molecule is CCCC1CC(=O)C2=C(C1)NC(C)=C(C#N)C2c1cc(Br)c(OCc2ccc(S(=O)(=O)NCCOC)cc2)c(OCC)c1. The smallest absolute Gasteiger partial charge is 0.240 e. The number of allylic oxidation sites excluding steroid dienone is 4. The number of hydrogen-bond donors (Lipinski definition) is 2. The summed E-state index contributed by atoms with van der Waals surface area (Å²) in [5.41, 5.74) is 4.36. The first kappa shape index (κ1) is 32.7. The zero-order valence-electron chi connectivity index (χ0n) is 25.0. The van der Waals surface area contributed by atoms with E-state index in [1.54, 1.807) is 12.1 Å². The van der Waals surface area contributed by atoms with Crippen LogP contribution in [0.5, 0.6) is 11.5 Å². The number of hydrogen-bond acceptors (Lipinski definition) is 8. The number of sulfonamides is 1. The van der Waals surface area contributed by atoms with E-state index in [1.807, 2.05) is 26.0 Å². The second-order valence-electron chi connectivity index (χ2n) is 10.7. The van der Waals surface area contributed by atoms with Gasteiger partial charge in [0.1, 0.15) is 6.61 Å². The highest BCUT2D eigenvalue weighted by atomic mass is 79.9. The summed E-state index contributed by atoms with van der Waals surface area (Å²) >= 11 is 3.65. The number of nitriles is 1. The molecule has 43 heavy (non-hydrogen) atoms. The van der Waals surface area contributed by atoms with Crippen molar-refractivity contribution in [1.82, 2.24) is 10.0 Å². The number of methoxy groups -OCH3 is 1. The quantitative estimate of drug-likeness (QED) is 0.253. The molecule has 1 aliphatic carbocycles. The molecule has 2 unspecified atom stereocenters. The molecule has 4 rings (SSSR count). The Kier molecular flexibility index (Phi) is 11.1. The molecule has 11 heteroatoms. The van der Waals surface area contributed by atoms with Gasteiger partial charge in [-0.25, -0.2) is 13.1 Å². The summed E-state index contributed by atoms with van der Waals surface area (Å²) in [6.07, 6.45) is 3.26. The minimum absolute atomic E-state index is 0.0752. The average Bonchev–Trinajstić information content (AvgIpc) is 2.96. The topological polar surface area (TPSA) is 127 Å². The Bertz CT molecular complexity index is 1560. The molecular weight excluding hydrogens is 634 g/mol. The Hall–Kier alpha value is -3.17. The van der Waals surface area contributed by atoms with Crippen LogP contribution in [0.25, 0.3) is 0 Å². The maximum atomic E-state index is 13.5. The number of rotatable bonds is 13. The van der Waals surface area contributed by atoms with Crippen molar-refractivity contribution in [3.8, 4) is 17.6 Å². The predicted molar refractivity (Wildman–Crippen MR) is 167 cm³/mol. The maximum absolute atomic E-state index is 13.5. The van der Waals surface area contributed by atoms with Crippen molar-refractivity contribution >= 4 is 31.7 Å². The van der Waals surface area contributed by atoms with Gasteiger partial charge >= 0.3 is 0 Å². The van der Waals surface area contributed by atoms with Crippen LogP contribution in [0.2, 0.25) is 0 Å². The molecule has 0 spiro atoms. The maximum Gasteiger partial charge on any atom is 0.240 e. The summed E-state index contributed by atoms with van der Waals surface area (Å²) in [6.45, 7) is 6.89. The Morgan fingerprint density at radius 1 is 1.14 bits per heavy atom. The number of benzene rings is 2. The zero-order valence-corrected chi connectivity index (χ0v) is 27.4. The molecule has 0 fully saturated rings. The lowest BCUT2D eigenvalue weighted by molar-refractivity contribution is -0.117. The van der Waals surface area contributed by atoms with Gasteiger partial charge in [0.2, 0.25) is 10.0 Å². The van der Waals surface area contributed by atoms with Crippen molar-refractivity contribution in [2.24, 2.45) is 5.92 Å². The van der Waals surface area contributed by atoms with Crippen LogP contribution >= 0.6 is 15.9 Å². The summed E-state index contributed by atoms with van der Waals surface area (Å²) in [6, 6.07) is 12.5. The lowest BCUT2D eigenvalue weighted by Crippen LogP contribution is -2.34. The third-order valence-electron chi connectivity index (χ3n) is 7.61. The fourth-order valence-electron chi connectivity index (χ4n) is 5.65. The van der Waals surface area contributed by atoms with Crippen LogP contribution in [-0.2, 0) is 26.2 Å². The number of carbonyl (C=O) groups excluding carboxylic acids is 1. The molecule has 0 bridgehead atoms. The number of Topliss-reactive ketones (excluding diaryl/α,β-unsaturated/α-hetero) is 1. The van der Waals surface area contributed by atoms with Gasteiger partial charge in [-0.05, 0) is 83.9 Å². The van der Waals surface area contributed by atoms with Crippen LogP contribution in [0.3, 0.4) is 0 Å². The molecule has 230 valence electrons. The van der Waals surface area contributed by atoms with Crippen molar-refractivity contribution < 1.29 is 27.4 Å². The van der Waals surface area contributed by atoms with Crippen molar-refractivity contribution in [2.45, 2.75) is 63.9 Å². The fraction of sp³-hybridized carbons (Fsp3) is 0.438. The molecule has 1 aliphatic heterocycles. The highest BCUT2D eigenvalue weighted by Crippen LogP contribution is 2.47. The monoisotopic (exact) mass is 671 g/mol. The third-order valence-corrected chi connectivity index (χ3v) is 9.68. The van der Waals surface area contributed by atoms with Crippen molar-refractivity contribution in [2.75, 3.05) is 26.9 Å². The van der Waals surface area contributed by atoms with Gasteiger partial charge in [-0.15, -0.1) is 0 Å². The Labute approximate surface area is 262 Å². The Balaban J connectivity index is 1.62. The summed E-state index contributed by atoms with van der Waals surface area (Å²) in [5, 5.41) is 13.5. The molecule has 0 aromatic heterocycles. The third kappa shape index (κ3) is 7.50. The first-order valence-corrected chi connectivity index (χ1v) is 16.7. The molecule has 0 saturated heterocycles. The summed E-state index contributed by atoms with van der Waals surface area (Å²) in [5.74, 6) is 0.822. The van der Waals surface area contributed by atoms with E-state index in [4.69, 9.17) is 14.2 Å². The molecule has 2 aliphatic rings. The normalized spacial score (nSPS) is 18.7. The van der Waals surface area contributed by atoms with Gasteiger partial charge in [0, 0.05) is 37.0 Å². The Morgan fingerprint density at radius 2 is 1.88 bits per heavy atom. The summed E-state index contributed by atoms with van der Waals surface area (Å²) < 4.78 is 45.1. The number of ether oxygens (including phenoxy) is 3. The van der Waals surface area contributed by atoms with Gasteiger partial charge in [0.25, 0.3) is 0 Å². The molecule has 0 radical (unpaired) electrons. The van der Waals surface area contributed by atoms with E-state index in [1.165, 1.54) is 19.2 Å². The lowest BCUT2D eigenvalue weighted by Gasteiger charge is -2.35. The van der Waals surface area contributed by atoms with E-state index >= 15 is 0 Å².